The average molecular weight is 246 g/mol. The zero-order valence-electron chi connectivity index (χ0n) is 11.6. The van der Waals surface area contributed by atoms with Crippen molar-refractivity contribution in [2.45, 2.75) is 33.2 Å². The summed E-state index contributed by atoms with van der Waals surface area (Å²) in [5, 5.41) is 6.25. The first-order valence-electron chi connectivity index (χ1n) is 6.52. The molecule has 3 nitrogen and oxygen atoms in total. The predicted octanol–water partition coefficient (Wildman–Crippen LogP) is 2.28. The molecule has 0 saturated heterocycles. The molecule has 1 heterocycles. The van der Waals surface area contributed by atoms with Crippen LogP contribution in [-0.2, 0) is 6.42 Å². The van der Waals surface area contributed by atoms with Gasteiger partial charge in [0.15, 0.2) is 0 Å². The number of nitrogens with one attached hydrogen (secondary N) is 2. The molecule has 0 radical (unpaired) electrons. The van der Waals surface area contributed by atoms with Crippen LogP contribution in [0.5, 0.6) is 0 Å². The SMILES string of the molecule is CNC(c1ccc2c(c1)C(=O)NCC2)C(C)(C)C. The van der Waals surface area contributed by atoms with Crippen LogP contribution in [0.1, 0.15) is 48.3 Å². The van der Waals surface area contributed by atoms with Crippen LogP contribution in [0.15, 0.2) is 18.2 Å². The molecule has 2 N–H and O–H groups in total. The lowest BCUT2D eigenvalue weighted by Gasteiger charge is -2.31. The Labute approximate surface area is 109 Å². The van der Waals surface area contributed by atoms with Crippen LogP contribution in [0.25, 0.3) is 0 Å². The Bertz CT molecular complexity index is 460. The average Bonchev–Trinajstić information content (AvgIpc) is 2.29. The van der Waals surface area contributed by atoms with Gasteiger partial charge in [-0.25, -0.2) is 0 Å². The van der Waals surface area contributed by atoms with Crippen LogP contribution in [-0.4, -0.2) is 19.5 Å². The van der Waals surface area contributed by atoms with E-state index >= 15 is 0 Å². The highest BCUT2D eigenvalue weighted by atomic mass is 16.1. The van der Waals surface area contributed by atoms with Gasteiger partial charge in [0, 0.05) is 18.2 Å². The lowest BCUT2D eigenvalue weighted by atomic mass is 9.81. The van der Waals surface area contributed by atoms with Crippen molar-refractivity contribution in [3.8, 4) is 0 Å². The quantitative estimate of drug-likeness (QED) is 0.840. The second-order valence-corrected chi connectivity index (χ2v) is 6.01. The molecule has 18 heavy (non-hydrogen) atoms. The Morgan fingerprint density at radius 3 is 2.67 bits per heavy atom. The molecular weight excluding hydrogens is 224 g/mol. The van der Waals surface area contributed by atoms with E-state index in [-0.39, 0.29) is 17.4 Å². The Kier molecular flexibility index (Phi) is 3.44. The van der Waals surface area contributed by atoms with Gasteiger partial charge in [-0.05, 0) is 36.1 Å². The Morgan fingerprint density at radius 2 is 2.06 bits per heavy atom. The summed E-state index contributed by atoms with van der Waals surface area (Å²) in [4.78, 5) is 11.9. The van der Waals surface area contributed by atoms with Crippen molar-refractivity contribution in [1.29, 1.82) is 0 Å². The van der Waals surface area contributed by atoms with Gasteiger partial charge in [0.1, 0.15) is 0 Å². The highest BCUT2D eigenvalue weighted by Gasteiger charge is 2.26. The summed E-state index contributed by atoms with van der Waals surface area (Å²) in [6, 6.07) is 6.53. The molecule has 1 amide bonds. The number of carbonyl (C=O) groups is 1. The van der Waals surface area contributed by atoms with Crippen molar-refractivity contribution in [2.75, 3.05) is 13.6 Å². The molecule has 0 bridgehead atoms. The highest BCUT2D eigenvalue weighted by molar-refractivity contribution is 5.96. The van der Waals surface area contributed by atoms with E-state index in [0.29, 0.717) is 0 Å². The van der Waals surface area contributed by atoms with Gasteiger partial charge in [0.25, 0.3) is 5.91 Å². The predicted molar refractivity (Wildman–Crippen MR) is 73.7 cm³/mol. The summed E-state index contributed by atoms with van der Waals surface area (Å²) in [6.45, 7) is 7.36. The van der Waals surface area contributed by atoms with Gasteiger partial charge < -0.3 is 10.6 Å². The molecule has 0 aliphatic carbocycles. The Balaban J connectivity index is 2.41. The molecule has 0 saturated carbocycles. The molecule has 98 valence electrons. The third-order valence-electron chi connectivity index (χ3n) is 3.55. The van der Waals surface area contributed by atoms with Gasteiger partial charge >= 0.3 is 0 Å². The molecule has 3 heteroatoms. The van der Waals surface area contributed by atoms with Gasteiger partial charge in [0.2, 0.25) is 0 Å². The molecular formula is C15H22N2O. The fraction of sp³-hybridized carbons (Fsp3) is 0.533. The Hall–Kier alpha value is -1.35. The van der Waals surface area contributed by atoms with Gasteiger partial charge in [-0.2, -0.15) is 0 Å². The normalized spacial score (nSPS) is 17.0. The van der Waals surface area contributed by atoms with Crippen LogP contribution in [0.2, 0.25) is 0 Å². The van der Waals surface area contributed by atoms with E-state index in [1.807, 2.05) is 13.1 Å². The zero-order valence-corrected chi connectivity index (χ0v) is 11.6. The molecule has 1 aromatic carbocycles. The maximum atomic E-state index is 11.9. The summed E-state index contributed by atoms with van der Waals surface area (Å²) in [5.41, 5.74) is 3.30. The molecule has 1 atom stereocenters. The first kappa shape index (κ1) is 13.1. The number of hydrogen-bond acceptors (Lipinski definition) is 2. The maximum Gasteiger partial charge on any atom is 0.251 e. The number of amides is 1. The van der Waals surface area contributed by atoms with Gasteiger partial charge in [0.05, 0.1) is 0 Å². The molecule has 0 fully saturated rings. The second kappa shape index (κ2) is 4.73. The van der Waals surface area contributed by atoms with E-state index in [0.717, 1.165) is 24.1 Å². The fourth-order valence-electron chi connectivity index (χ4n) is 2.71. The van der Waals surface area contributed by atoms with Crippen molar-refractivity contribution >= 4 is 5.91 Å². The number of benzene rings is 1. The van der Waals surface area contributed by atoms with Crippen LogP contribution in [0.4, 0.5) is 0 Å². The smallest absolute Gasteiger partial charge is 0.251 e. The minimum absolute atomic E-state index is 0.0573. The largest absolute Gasteiger partial charge is 0.352 e. The molecule has 0 aromatic heterocycles. The molecule has 1 aliphatic heterocycles. The monoisotopic (exact) mass is 246 g/mol. The zero-order chi connectivity index (χ0) is 13.3. The summed E-state index contributed by atoms with van der Waals surface area (Å²) >= 11 is 0. The summed E-state index contributed by atoms with van der Waals surface area (Å²) < 4.78 is 0. The van der Waals surface area contributed by atoms with E-state index in [9.17, 15) is 4.79 Å². The maximum absolute atomic E-state index is 11.9. The van der Waals surface area contributed by atoms with E-state index in [4.69, 9.17) is 0 Å². The third-order valence-corrected chi connectivity index (χ3v) is 3.55. The van der Waals surface area contributed by atoms with Gasteiger partial charge in [-0.15, -0.1) is 0 Å². The summed E-state index contributed by atoms with van der Waals surface area (Å²) in [6.07, 6.45) is 0.932. The highest BCUT2D eigenvalue weighted by Crippen LogP contribution is 2.33. The second-order valence-electron chi connectivity index (χ2n) is 6.01. The molecule has 0 spiro atoms. The number of hydrogen-bond donors (Lipinski definition) is 2. The van der Waals surface area contributed by atoms with E-state index < -0.39 is 0 Å². The summed E-state index contributed by atoms with van der Waals surface area (Å²) in [7, 11) is 1.97. The van der Waals surface area contributed by atoms with Crippen molar-refractivity contribution in [3.63, 3.8) is 0 Å². The van der Waals surface area contributed by atoms with Crippen LogP contribution < -0.4 is 10.6 Å². The minimum atomic E-state index is 0.0573. The fourth-order valence-corrected chi connectivity index (χ4v) is 2.71. The molecule has 1 aliphatic rings. The Morgan fingerprint density at radius 1 is 1.33 bits per heavy atom. The standard InChI is InChI=1S/C15H22N2O/c1-15(2,3)13(16-4)11-6-5-10-7-8-17-14(18)12(10)9-11/h5-6,9,13,16H,7-8H2,1-4H3,(H,17,18). The van der Waals surface area contributed by atoms with E-state index in [1.54, 1.807) is 0 Å². The minimum Gasteiger partial charge on any atom is -0.352 e. The number of carbonyl (C=O) groups excluding carboxylic acids is 1. The van der Waals surface area contributed by atoms with Crippen LogP contribution >= 0.6 is 0 Å². The number of rotatable bonds is 2. The topological polar surface area (TPSA) is 41.1 Å². The lowest BCUT2D eigenvalue weighted by Crippen LogP contribution is -2.33. The van der Waals surface area contributed by atoms with E-state index in [1.165, 1.54) is 5.56 Å². The van der Waals surface area contributed by atoms with Crippen molar-refractivity contribution in [1.82, 2.24) is 10.6 Å². The first-order chi connectivity index (χ1) is 8.43. The first-order valence-corrected chi connectivity index (χ1v) is 6.52. The van der Waals surface area contributed by atoms with E-state index in [2.05, 4.69) is 43.5 Å². The summed E-state index contributed by atoms with van der Waals surface area (Å²) in [5.74, 6) is 0.0573. The molecule has 2 rings (SSSR count). The molecule has 1 unspecified atom stereocenters. The van der Waals surface area contributed by atoms with Gasteiger partial charge in [-0.3, -0.25) is 4.79 Å². The van der Waals surface area contributed by atoms with Crippen LogP contribution in [0, 0.1) is 5.41 Å². The lowest BCUT2D eigenvalue weighted by molar-refractivity contribution is 0.0945. The van der Waals surface area contributed by atoms with Crippen molar-refractivity contribution in [3.05, 3.63) is 34.9 Å². The molecule has 1 aromatic rings. The number of fused-ring (bicyclic) bond motifs is 1. The van der Waals surface area contributed by atoms with Gasteiger partial charge in [-0.1, -0.05) is 32.9 Å². The van der Waals surface area contributed by atoms with Crippen molar-refractivity contribution in [2.24, 2.45) is 5.41 Å². The third kappa shape index (κ3) is 2.41. The van der Waals surface area contributed by atoms with Crippen LogP contribution in [0.3, 0.4) is 0 Å². The van der Waals surface area contributed by atoms with Crippen molar-refractivity contribution < 1.29 is 4.79 Å².